The van der Waals surface area contributed by atoms with Gasteiger partial charge < -0.3 is 0 Å². The molecule has 4 aromatic heterocycles. The summed E-state index contributed by atoms with van der Waals surface area (Å²) in [6, 6.07) is 12.0. The Bertz CT molecular complexity index is 1050. The van der Waals surface area contributed by atoms with Gasteiger partial charge in [0.1, 0.15) is 5.52 Å². The first kappa shape index (κ1) is 15.8. The van der Waals surface area contributed by atoms with Crippen molar-refractivity contribution in [1.82, 2.24) is 24.8 Å². The quantitative estimate of drug-likeness (QED) is 0.569. The predicted molar refractivity (Wildman–Crippen MR) is 102 cm³/mol. The number of aromatic amines is 2. The van der Waals surface area contributed by atoms with Crippen molar-refractivity contribution < 1.29 is 4.98 Å². The molecule has 0 atom stereocenters. The van der Waals surface area contributed by atoms with Crippen LogP contribution in [0, 0.1) is 0 Å². The van der Waals surface area contributed by atoms with E-state index in [0.717, 1.165) is 54.0 Å². The first-order chi connectivity index (χ1) is 13.3. The Morgan fingerprint density at radius 2 is 2.07 bits per heavy atom. The van der Waals surface area contributed by atoms with Gasteiger partial charge in [-0.25, -0.2) is 4.98 Å². The van der Waals surface area contributed by atoms with Gasteiger partial charge in [0.15, 0.2) is 5.82 Å². The van der Waals surface area contributed by atoms with E-state index in [1.807, 2.05) is 47.1 Å². The molecule has 1 saturated heterocycles. The van der Waals surface area contributed by atoms with E-state index >= 15 is 0 Å². The number of nitrogens with one attached hydrogen (secondary N) is 3. The molecule has 0 unspecified atom stereocenters. The number of anilines is 3. The molecular formula is C19H21N8+. The number of fused-ring (bicyclic) bond motifs is 1. The van der Waals surface area contributed by atoms with Gasteiger partial charge in [0.25, 0.3) is 0 Å². The second kappa shape index (κ2) is 6.71. The largest absolute Gasteiger partial charge is 0.367 e. The summed E-state index contributed by atoms with van der Waals surface area (Å²) >= 11 is 0. The molecule has 5 heterocycles. The Balaban J connectivity index is 1.42. The lowest BCUT2D eigenvalue weighted by Crippen LogP contribution is -2.30. The number of aromatic nitrogens is 6. The van der Waals surface area contributed by atoms with E-state index in [0.29, 0.717) is 0 Å². The minimum atomic E-state index is 0.717. The topological polar surface area (TPSA) is 88.3 Å². The van der Waals surface area contributed by atoms with Crippen molar-refractivity contribution >= 4 is 23.1 Å². The van der Waals surface area contributed by atoms with Gasteiger partial charge in [-0.3, -0.25) is 20.3 Å². The van der Waals surface area contributed by atoms with E-state index < -0.39 is 0 Å². The highest BCUT2D eigenvalue weighted by Gasteiger charge is 2.23. The van der Waals surface area contributed by atoms with Crippen LogP contribution >= 0.6 is 0 Å². The summed E-state index contributed by atoms with van der Waals surface area (Å²) in [7, 11) is 0. The second-order valence-corrected chi connectivity index (χ2v) is 6.76. The van der Waals surface area contributed by atoms with Crippen LogP contribution in [0.5, 0.6) is 0 Å². The zero-order valence-electron chi connectivity index (χ0n) is 14.9. The fourth-order valence-electron chi connectivity index (χ4n) is 3.47. The number of nitrogens with zero attached hydrogens (tertiary/aromatic N) is 5. The molecule has 0 aliphatic carbocycles. The third kappa shape index (κ3) is 3.21. The zero-order chi connectivity index (χ0) is 18.1. The fourth-order valence-corrected chi connectivity index (χ4v) is 3.47. The molecule has 0 radical (unpaired) electrons. The Kier molecular flexibility index (Phi) is 3.93. The highest BCUT2D eigenvalue weighted by atomic mass is 15.4. The van der Waals surface area contributed by atoms with Crippen LogP contribution in [0.3, 0.4) is 0 Å². The van der Waals surface area contributed by atoms with E-state index in [4.69, 9.17) is 5.10 Å². The standard InChI is InChI=1S/C19H20N8/c1-2-8-20-14(6-1)12-15-13-17(24-23-15)21-18-16-7-5-11-27(16)25-19(22-18)26-9-3-4-10-26/h1-2,5-8,11,13H,3-4,9-10,12H2,(H2,21,22,23,24,25)/p+1. The summed E-state index contributed by atoms with van der Waals surface area (Å²) in [4.78, 5) is 10.1. The van der Waals surface area contributed by atoms with Gasteiger partial charge >= 0.3 is 5.95 Å². The van der Waals surface area contributed by atoms with Crippen LogP contribution in [0.25, 0.3) is 5.52 Å². The summed E-state index contributed by atoms with van der Waals surface area (Å²) in [5.41, 5.74) is 3.00. The Labute approximate surface area is 156 Å². The van der Waals surface area contributed by atoms with Crippen LogP contribution in [-0.2, 0) is 6.42 Å². The van der Waals surface area contributed by atoms with Crippen LogP contribution in [0.2, 0.25) is 0 Å². The Hall–Kier alpha value is -3.42. The van der Waals surface area contributed by atoms with Crippen LogP contribution in [0.1, 0.15) is 24.2 Å². The normalized spacial score (nSPS) is 14.1. The van der Waals surface area contributed by atoms with Gasteiger partial charge in [0.05, 0.1) is 13.1 Å². The molecule has 1 aliphatic heterocycles. The molecule has 0 bridgehead atoms. The molecule has 1 fully saturated rings. The summed E-state index contributed by atoms with van der Waals surface area (Å²) < 4.78 is 1.90. The summed E-state index contributed by atoms with van der Waals surface area (Å²) in [5.74, 6) is 2.52. The van der Waals surface area contributed by atoms with E-state index in [2.05, 4.69) is 30.4 Å². The van der Waals surface area contributed by atoms with Crippen LogP contribution in [0.4, 0.5) is 17.6 Å². The third-order valence-corrected chi connectivity index (χ3v) is 4.81. The molecule has 1 aliphatic rings. The minimum Gasteiger partial charge on any atom is -0.280 e. The number of rotatable bonds is 5. The predicted octanol–water partition coefficient (Wildman–Crippen LogP) is 2.20. The van der Waals surface area contributed by atoms with E-state index in [1.165, 1.54) is 12.8 Å². The molecule has 3 N–H and O–H groups in total. The van der Waals surface area contributed by atoms with Crippen LogP contribution in [-0.4, -0.2) is 37.9 Å². The summed E-state index contributed by atoms with van der Waals surface area (Å²) in [6.07, 6.45) is 6.90. The lowest BCUT2D eigenvalue weighted by atomic mass is 10.2. The second-order valence-electron chi connectivity index (χ2n) is 6.76. The monoisotopic (exact) mass is 361 g/mol. The molecule has 8 nitrogen and oxygen atoms in total. The van der Waals surface area contributed by atoms with Gasteiger partial charge in [-0.1, -0.05) is 6.07 Å². The highest BCUT2D eigenvalue weighted by Crippen LogP contribution is 2.20. The average molecular weight is 361 g/mol. The van der Waals surface area contributed by atoms with Crippen LogP contribution in [0.15, 0.2) is 48.8 Å². The molecule has 5 rings (SSSR count). The maximum Gasteiger partial charge on any atom is 0.367 e. The molecule has 8 heteroatoms. The van der Waals surface area contributed by atoms with Crippen molar-refractivity contribution in [1.29, 1.82) is 0 Å². The first-order valence-electron chi connectivity index (χ1n) is 9.22. The molecule has 0 saturated carbocycles. The van der Waals surface area contributed by atoms with Crippen molar-refractivity contribution in [3.05, 3.63) is 60.2 Å². The molecule has 0 amide bonds. The molecule has 27 heavy (non-hydrogen) atoms. The van der Waals surface area contributed by atoms with Gasteiger partial charge in [-0.15, -0.1) is 5.10 Å². The highest BCUT2D eigenvalue weighted by molar-refractivity contribution is 5.69. The summed E-state index contributed by atoms with van der Waals surface area (Å²) in [6.45, 7) is 2.07. The summed E-state index contributed by atoms with van der Waals surface area (Å²) in [5, 5.41) is 15.6. The smallest absolute Gasteiger partial charge is 0.280 e. The SMILES string of the molecule is c1ccc(Cc2cc(Nc3[nH+]c(N4CCCC4)nn4cccc34)n[nH]2)nc1. The lowest BCUT2D eigenvalue weighted by molar-refractivity contribution is -0.350. The molecule has 0 spiro atoms. The Morgan fingerprint density at radius 3 is 2.93 bits per heavy atom. The zero-order valence-corrected chi connectivity index (χ0v) is 14.9. The third-order valence-electron chi connectivity index (χ3n) is 4.81. The van der Waals surface area contributed by atoms with Gasteiger partial charge in [-0.05, 0) is 42.2 Å². The van der Waals surface area contributed by atoms with Crippen LogP contribution < -0.4 is 15.2 Å². The molecule has 0 aromatic carbocycles. The van der Waals surface area contributed by atoms with Gasteiger partial charge in [0, 0.05) is 36.3 Å². The van der Waals surface area contributed by atoms with Gasteiger partial charge in [-0.2, -0.15) is 4.52 Å². The number of hydrogen-bond acceptors (Lipinski definition) is 5. The van der Waals surface area contributed by atoms with E-state index in [9.17, 15) is 0 Å². The van der Waals surface area contributed by atoms with E-state index in [-0.39, 0.29) is 0 Å². The van der Waals surface area contributed by atoms with Crippen molar-refractivity contribution in [2.45, 2.75) is 19.3 Å². The van der Waals surface area contributed by atoms with Gasteiger partial charge in [0.2, 0.25) is 5.82 Å². The Morgan fingerprint density at radius 1 is 1.15 bits per heavy atom. The van der Waals surface area contributed by atoms with Crippen molar-refractivity contribution in [2.24, 2.45) is 0 Å². The number of hydrogen-bond donors (Lipinski definition) is 2. The molecule has 4 aromatic rings. The fraction of sp³-hybridized carbons (Fsp3) is 0.263. The van der Waals surface area contributed by atoms with Crippen molar-refractivity contribution in [3.8, 4) is 0 Å². The van der Waals surface area contributed by atoms with E-state index in [1.54, 1.807) is 6.20 Å². The number of pyridine rings is 1. The first-order valence-corrected chi connectivity index (χ1v) is 9.22. The number of H-pyrrole nitrogens is 2. The van der Waals surface area contributed by atoms with Crippen molar-refractivity contribution in [3.63, 3.8) is 0 Å². The molecular weight excluding hydrogens is 340 g/mol. The minimum absolute atomic E-state index is 0.717. The van der Waals surface area contributed by atoms with Crippen molar-refractivity contribution in [2.75, 3.05) is 23.3 Å². The average Bonchev–Trinajstić information content (AvgIpc) is 3.44. The maximum atomic E-state index is 4.69. The maximum absolute atomic E-state index is 4.69. The lowest BCUT2D eigenvalue weighted by Gasteiger charge is -2.11. The molecule has 136 valence electrons.